The fourth-order valence-electron chi connectivity index (χ4n) is 2.90. The van der Waals surface area contributed by atoms with Crippen LogP contribution in [0.4, 0.5) is 5.69 Å². The van der Waals surface area contributed by atoms with Crippen molar-refractivity contribution in [2.24, 2.45) is 7.05 Å². The summed E-state index contributed by atoms with van der Waals surface area (Å²) >= 11 is 1.35. The van der Waals surface area contributed by atoms with Gasteiger partial charge in [-0.25, -0.2) is 0 Å². The van der Waals surface area contributed by atoms with Crippen molar-refractivity contribution in [2.45, 2.75) is 38.5 Å². The summed E-state index contributed by atoms with van der Waals surface area (Å²) in [5, 5.41) is 12.1. The maximum atomic E-state index is 12.3. The molecule has 0 unspecified atom stereocenters. The SMILES string of the molecule is CCc1ccc(O[C@@H](C)c2nnc(SCC(=O)Nc3ccccc3C)n2C)cc1. The van der Waals surface area contributed by atoms with E-state index in [4.69, 9.17) is 4.74 Å². The third-order valence-electron chi connectivity index (χ3n) is 4.63. The molecule has 7 heteroatoms. The lowest BCUT2D eigenvalue weighted by atomic mass is 10.2. The average Bonchev–Trinajstić information content (AvgIpc) is 3.09. The molecule has 6 nitrogen and oxygen atoms in total. The number of hydrogen-bond donors (Lipinski definition) is 1. The van der Waals surface area contributed by atoms with E-state index in [9.17, 15) is 4.79 Å². The van der Waals surface area contributed by atoms with E-state index in [1.807, 2.05) is 61.9 Å². The highest BCUT2D eigenvalue weighted by Crippen LogP contribution is 2.24. The van der Waals surface area contributed by atoms with E-state index < -0.39 is 0 Å². The number of carbonyl (C=O) groups excluding carboxylic acids is 1. The minimum Gasteiger partial charge on any atom is -0.483 e. The molecular formula is C22H26N4O2S. The second-order valence-electron chi connectivity index (χ2n) is 6.81. The number of aryl methyl sites for hydroxylation is 2. The molecule has 1 amide bonds. The van der Waals surface area contributed by atoms with Gasteiger partial charge in [0.2, 0.25) is 5.91 Å². The first-order valence-electron chi connectivity index (χ1n) is 9.61. The quantitative estimate of drug-likeness (QED) is 0.552. The van der Waals surface area contributed by atoms with Crippen molar-refractivity contribution < 1.29 is 9.53 Å². The zero-order valence-electron chi connectivity index (χ0n) is 17.2. The fraction of sp³-hybridized carbons (Fsp3) is 0.318. The van der Waals surface area contributed by atoms with E-state index in [1.165, 1.54) is 17.3 Å². The average molecular weight is 411 g/mol. The van der Waals surface area contributed by atoms with Gasteiger partial charge in [-0.2, -0.15) is 0 Å². The number of nitrogens with one attached hydrogen (secondary N) is 1. The first-order chi connectivity index (χ1) is 14.0. The summed E-state index contributed by atoms with van der Waals surface area (Å²) in [4.78, 5) is 12.3. The van der Waals surface area contributed by atoms with Crippen LogP contribution in [0, 0.1) is 6.92 Å². The molecule has 29 heavy (non-hydrogen) atoms. The van der Waals surface area contributed by atoms with E-state index in [-0.39, 0.29) is 17.8 Å². The summed E-state index contributed by atoms with van der Waals surface area (Å²) in [6, 6.07) is 15.8. The molecule has 2 aromatic carbocycles. The van der Waals surface area contributed by atoms with Gasteiger partial charge in [-0.05, 0) is 49.6 Å². The van der Waals surface area contributed by atoms with Crippen LogP contribution in [0.3, 0.4) is 0 Å². The predicted molar refractivity (Wildman–Crippen MR) is 116 cm³/mol. The number of carbonyl (C=O) groups is 1. The fourth-order valence-corrected chi connectivity index (χ4v) is 3.61. The van der Waals surface area contributed by atoms with Gasteiger partial charge in [-0.1, -0.05) is 49.0 Å². The van der Waals surface area contributed by atoms with Crippen LogP contribution in [0.1, 0.15) is 36.9 Å². The third kappa shape index (κ3) is 5.38. The Kier molecular flexibility index (Phi) is 6.93. The number of hydrogen-bond acceptors (Lipinski definition) is 5. The van der Waals surface area contributed by atoms with Crippen LogP contribution in [-0.2, 0) is 18.3 Å². The number of anilines is 1. The topological polar surface area (TPSA) is 69.0 Å². The van der Waals surface area contributed by atoms with Crippen molar-refractivity contribution in [3.8, 4) is 5.75 Å². The zero-order chi connectivity index (χ0) is 20.8. The van der Waals surface area contributed by atoms with Crippen molar-refractivity contribution in [2.75, 3.05) is 11.1 Å². The Morgan fingerprint density at radius 1 is 1.17 bits per heavy atom. The molecule has 0 fully saturated rings. The Morgan fingerprint density at radius 3 is 2.59 bits per heavy atom. The molecule has 0 spiro atoms. The van der Waals surface area contributed by atoms with E-state index in [2.05, 4.69) is 34.6 Å². The zero-order valence-corrected chi connectivity index (χ0v) is 18.0. The molecule has 1 N–H and O–H groups in total. The first-order valence-corrected chi connectivity index (χ1v) is 10.6. The summed E-state index contributed by atoms with van der Waals surface area (Å²) < 4.78 is 7.87. The van der Waals surface area contributed by atoms with Crippen molar-refractivity contribution in [3.05, 3.63) is 65.5 Å². The maximum absolute atomic E-state index is 12.3. The monoisotopic (exact) mass is 410 g/mol. The Hall–Kier alpha value is -2.80. The van der Waals surface area contributed by atoms with Gasteiger partial charge in [0.15, 0.2) is 17.1 Å². The number of nitrogens with zero attached hydrogens (tertiary/aromatic N) is 3. The molecule has 1 atom stereocenters. The second kappa shape index (κ2) is 9.60. The van der Waals surface area contributed by atoms with Crippen LogP contribution in [0.25, 0.3) is 0 Å². The standard InChI is InChI=1S/C22H26N4O2S/c1-5-17-10-12-18(13-11-17)28-16(3)21-24-25-22(26(21)4)29-14-20(27)23-19-9-7-6-8-15(19)2/h6-13,16H,5,14H2,1-4H3,(H,23,27)/t16-/m0/s1. The van der Waals surface area contributed by atoms with Crippen LogP contribution in [-0.4, -0.2) is 26.4 Å². The number of amides is 1. The van der Waals surface area contributed by atoms with Crippen molar-refractivity contribution in [1.82, 2.24) is 14.8 Å². The van der Waals surface area contributed by atoms with E-state index in [0.29, 0.717) is 11.0 Å². The van der Waals surface area contributed by atoms with Crippen LogP contribution in [0.5, 0.6) is 5.75 Å². The lowest BCUT2D eigenvalue weighted by molar-refractivity contribution is -0.113. The van der Waals surface area contributed by atoms with Crippen LogP contribution < -0.4 is 10.1 Å². The Bertz CT molecular complexity index is 969. The van der Waals surface area contributed by atoms with Crippen LogP contribution in [0.15, 0.2) is 53.7 Å². The molecule has 3 rings (SSSR count). The van der Waals surface area contributed by atoms with E-state index in [0.717, 1.165) is 23.4 Å². The number of aromatic nitrogens is 3. The van der Waals surface area contributed by atoms with Gasteiger partial charge in [0.25, 0.3) is 0 Å². The molecule has 1 heterocycles. The maximum Gasteiger partial charge on any atom is 0.234 e. The molecule has 0 radical (unpaired) electrons. The molecule has 0 bridgehead atoms. The Morgan fingerprint density at radius 2 is 1.90 bits per heavy atom. The van der Waals surface area contributed by atoms with E-state index in [1.54, 1.807) is 0 Å². The highest BCUT2D eigenvalue weighted by Gasteiger charge is 2.18. The highest BCUT2D eigenvalue weighted by atomic mass is 32.2. The van der Waals surface area contributed by atoms with Crippen LogP contribution in [0.2, 0.25) is 0 Å². The molecule has 0 aliphatic rings. The molecular weight excluding hydrogens is 384 g/mol. The molecule has 152 valence electrons. The largest absolute Gasteiger partial charge is 0.483 e. The molecule has 0 aliphatic carbocycles. The van der Waals surface area contributed by atoms with Crippen molar-refractivity contribution in [3.63, 3.8) is 0 Å². The predicted octanol–water partition coefficient (Wildman–Crippen LogP) is 4.56. The Labute approximate surface area is 175 Å². The highest BCUT2D eigenvalue weighted by molar-refractivity contribution is 7.99. The van der Waals surface area contributed by atoms with Crippen LogP contribution >= 0.6 is 11.8 Å². The summed E-state index contributed by atoms with van der Waals surface area (Å²) in [5.41, 5.74) is 3.13. The molecule has 3 aromatic rings. The number of thioether (sulfide) groups is 1. The number of benzene rings is 2. The van der Waals surface area contributed by atoms with Crippen molar-refractivity contribution >= 4 is 23.4 Å². The molecule has 0 saturated carbocycles. The number of rotatable bonds is 8. The summed E-state index contributed by atoms with van der Waals surface area (Å²) in [6.07, 6.45) is 0.743. The summed E-state index contributed by atoms with van der Waals surface area (Å²) in [6.45, 7) is 6.03. The lowest BCUT2D eigenvalue weighted by Gasteiger charge is -2.14. The number of para-hydroxylation sites is 1. The van der Waals surface area contributed by atoms with Gasteiger partial charge < -0.3 is 14.6 Å². The van der Waals surface area contributed by atoms with Crippen molar-refractivity contribution in [1.29, 1.82) is 0 Å². The minimum absolute atomic E-state index is 0.0748. The van der Waals surface area contributed by atoms with Gasteiger partial charge in [-0.3, -0.25) is 4.79 Å². The van der Waals surface area contributed by atoms with Gasteiger partial charge in [0.05, 0.1) is 5.75 Å². The summed E-state index contributed by atoms with van der Waals surface area (Å²) in [7, 11) is 1.89. The second-order valence-corrected chi connectivity index (χ2v) is 7.75. The molecule has 1 aromatic heterocycles. The first kappa shape index (κ1) is 20.9. The molecule has 0 aliphatic heterocycles. The van der Waals surface area contributed by atoms with Gasteiger partial charge >= 0.3 is 0 Å². The van der Waals surface area contributed by atoms with E-state index >= 15 is 0 Å². The van der Waals surface area contributed by atoms with Gasteiger partial charge in [0, 0.05) is 12.7 Å². The number of ether oxygens (including phenoxy) is 1. The minimum atomic E-state index is -0.255. The smallest absolute Gasteiger partial charge is 0.234 e. The van der Waals surface area contributed by atoms with Gasteiger partial charge in [0.1, 0.15) is 5.75 Å². The third-order valence-corrected chi connectivity index (χ3v) is 5.65. The summed E-state index contributed by atoms with van der Waals surface area (Å²) in [5.74, 6) is 1.69. The Balaban J connectivity index is 1.58. The normalized spacial score (nSPS) is 11.9. The van der Waals surface area contributed by atoms with Gasteiger partial charge in [-0.15, -0.1) is 10.2 Å². The molecule has 0 saturated heterocycles. The lowest BCUT2D eigenvalue weighted by Crippen LogP contribution is -2.15.